The normalized spacial score (nSPS) is 12.6. The van der Waals surface area contributed by atoms with E-state index in [-0.39, 0.29) is 0 Å². The van der Waals surface area contributed by atoms with Crippen LogP contribution in [0.25, 0.3) is 11.3 Å². The van der Waals surface area contributed by atoms with E-state index in [1.165, 1.54) is 0 Å². The van der Waals surface area contributed by atoms with Crippen molar-refractivity contribution in [3.8, 4) is 11.3 Å². The number of H-pyrrole nitrogens is 1. The molecule has 0 bridgehead atoms. The number of aliphatic hydroxyl groups excluding tert-OH is 1. The maximum atomic E-state index is 10.2. The second-order valence-electron chi connectivity index (χ2n) is 4.22. The summed E-state index contributed by atoms with van der Waals surface area (Å²) in [5, 5.41) is 17.1. The second-order valence-corrected chi connectivity index (χ2v) is 4.22. The second kappa shape index (κ2) is 6.33. The van der Waals surface area contributed by atoms with Gasteiger partial charge in [-0.05, 0) is 18.4 Å². The molecule has 96 valence electrons. The van der Waals surface area contributed by atoms with E-state index in [4.69, 9.17) is 4.74 Å². The highest BCUT2D eigenvalue weighted by atomic mass is 16.5. The van der Waals surface area contributed by atoms with E-state index in [2.05, 4.69) is 10.2 Å². The number of aromatic nitrogens is 2. The SMILES string of the molecule is COCCCC(O)c1cn[nH]c1-c1ccccc1. The zero-order valence-corrected chi connectivity index (χ0v) is 10.5. The van der Waals surface area contributed by atoms with E-state index in [9.17, 15) is 5.11 Å². The molecule has 4 heteroatoms. The molecule has 0 fully saturated rings. The van der Waals surface area contributed by atoms with E-state index < -0.39 is 6.10 Å². The van der Waals surface area contributed by atoms with Gasteiger partial charge in [0.25, 0.3) is 0 Å². The Morgan fingerprint density at radius 2 is 2.11 bits per heavy atom. The number of hydrogen-bond donors (Lipinski definition) is 2. The molecule has 4 nitrogen and oxygen atoms in total. The van der Waals surface area contributed by atoms with E-state index in [1.807, 2.05) is 30.3 Å². The molecular formula is C14H18N2O2. The van der Waals surface area contributed by atoms with Gasteiger partial charge in [-0.25, -0.2) is 0 Å². The summed E-state index contributed by atoms with van der Waals surface area (Å²) in [5.41, 5.74) is 2.77. The van der Waals surface area contributed by atoms with Gasteiger partial charge in [-0.3, -0.25) is 5.10 Å². The summed E-state index contributed by atoms with van der Waals surface area (Å²) in [6, 6.07) is 9.90. The number of methoxy groups -OCH3 is 1. The summed E-state index contributed by atoms with van der Waals surface area (Å²) < 4.78 is 4.99. The first kappa shape index (κ1) is 12.8. The first-order chi connectivity index (χ1) is 8.83. The Kier molecular flexibility index (Phi) is 4.50. The van der Waals surface area contributed by atoms with Crippen LogP contribution in [0.1, 0.15) is 24.5 Å². The monoisotopic (exact) mass is 246 g/mol. The summed E-state index contributed by atoms with van der Waals surface area (Å²) >= 11 is 0. The third-order valence-electron chi connectivity index (χ3n) is 2.92. The standard InChI is InChI=1S/C14H18N2O2/c1-18-9-5-8-13(17)12-10-15-16-14(12)11-6-3-2-4-7-11/h2-4,6-7,10,13,17H,5,8-9H2,1H3,(H,15,16). The number of rotatable bonds is 6. The van der Waals surface area contributed by atoms with Crippen LogP contribution in [0, 0.1) is 0 Å². The van der Waals surface area contributed by atoms with Gasteiger partial charge in [0.2, 0.25) is 0 Å². The van der Waals surface area contributed by atoms with Crippen LogP contribution >= 0.6 is 0 Å². The molecule has 0 aliphatic rings. The fourth-order valence-corrected chi connectivity index (χ4v) is 1.96. The maximum Gasteiger partial charge on any atom is 0.0827 e. The van der Waals surface area contributed by atoms with E-state index in [0.717, 1.165) is 23.2 Å². The zero-order chi connectivity index (χ0) is 12.8. The molecule has 18 heavy (non-hydrogen) atoms. The van der Waals surface area contributed by atoms with Crippen molar-refractivity contribution in [1.82, 2.24) is 10.2 Å². The van der Waals surface area contributed by atoms with Crippen molar-refractivity contribution < 1.29 is 9.84 Å². The third-order valence-corrected chi connectivity index (χ3v) is 2.92. The van der Waals surface area contributed by atoms with Crippen molar-refractivity contribution in [3.63, 3.8) is 0 Å². The molecule has 0 saturated heterocycles. The molecule has 2 aromatic rings. The van der Waals surface area contributed by atoms with Crippen LogP contribution in [0.5, 0.6) is 0 Å². The highest BCUT2D eigenvalue weighted by Crippen LogP contribution is 2.28. The molecule has 0 spiro atoms. The third kappa shape index (κ3) is 2.97. The van der Waals surface area contributed by atoms with Gasteiger partial charge in [0.1, 0.15) is 0 Å². The highest BCUT2D eigenvalue weighted by Gasteiger charge is 2.15. The lowest BCUT2D eigenvalue weighted by atomic mass is 10.0. The fraction of sp³-hybridized carbons (Fsp3) is 0.357. The molecule has 1 atom stereocenters. The van der Waals surface area contributed by atoms with Crippen LogP contribution in [0.2, 0.25) is 0 Å². The van der Waals surface area contributed by atoms with Gasteiger partial charge in [-0.2, -0.15) is 5.10 Å². The number of benzene rings is 1. The predicted molar refractivity (Wildman–Crippen MR) is 70.1 cm³/mol. The lowest BCUT2D eigenvalue weighted by molar-refractivity contribution is 0.136. The molecule has 1 aromatic carbocycles. The molecule has 2 rings (SSSR count). The minimum absolute atomic E-state index is 0.505. The van der Waals surface area contributed by atoms with E-state index in [0.29, 0.717) is 13.0 Å². The van der Waals surface area contributed by atoms with E-state index in [1.54, 1.807) is 13.3 Å². The Bertz CT molecular complexity index is 468. The van der Waals surface area contributed by atoms with Crippen molar-refractivity contribution in [2.24, 2.45) is 0 Å². The van der Waals surface area contributed by atoms with Gasteiger partial charge in [0.05, 0.1) is 18.0 Å². The van der Waals surface area contributed by atoms with Crippen LogP contribution in [0.4, 0.5) is 0 Å². The van der Waals surface area contributed by atoms with Gasteiger partial charge in [0, 0.05) is 19.3 Å². The lowest BCUT2D eigenvalue weighted by Crippen LogP contribution is -2.00. The van der Waals surface area contributed by atoms with Crippen LogP contribution in [0.3, 0.4) is 0 Å². The Hall–Kier alpha value is -1.65. The predicted octanol–water partition coefficient (Wildman–Crippen LogP) is 2.54. The summed E-state index contributed by atoms with van der Waals surface area (Å²) in [7, 11) is 1.67. The zero-order valence-electron chi connectivity index (χ0n) is 10.5. The molecule has 1 unspecified atom stereocenters. The number of aromatic amines is 1. The number of nitrogens with zero attached hydrogens (tertiary/aromatic N) is 1. The van der Waals surface area contributed by atoms with E-state index >= 15 is 0 Å². The number of nitrogens with one attached hydrogen (secondary N) is 1. The average Bonchev–Trinajstić information content (AvgIpc) is 2.89. The minimum Gasteiger partial charge on any atom is -0.388 e. The average molecular weight is 246 g/mol. The first-order valence-electron chi connectivity index (χ1n) is 6.08. The van der Waals surface area contributed by atoms with Crippen LogP contribution in [-0.4, -0.2) is 29.0 Å². The topological polar surface area (TPSA) is 58.1 Å². The molecule has 0 saturated carbocycles. The van der Waals surface area contributed by atoms with Gasteiger partial charge >= 0.3 is 0 Å². The molecule has 0 aliphatic carbocycles. The largest absolute Gasteiger partial charge is 0.388 e. The van der Waals surface area contributed by atoms with Crippen molar-refractivity contribution in [3.05, 3.63) is 42.1 Å². The van der Waals surface area contributed by atoms with Crippen LogP contribution in [0.15, 0.2) is 36.5 Å². The molecule has 0 radical (unpaired) electrons. The summed E-state index contributed by atoms with van der Waals surface area (Å²) in [6.07, 6.45) is 2.69. The molecule has 0 aliphatic heterocycles. The Labute approximate surface area is 107 Å². The van der Waals surface area contributed by atoms with Crippen molar-refractivity contribution >= 4 is 0 Å². The Morgan fingerprint density at radius 1 is 1.33 bits per heavy atom. The van der Waals surface area contributed by atoms with Gasteiger partial charge in [0.15, 0.2) is 0 Å². The quantitative estimate of drug-likeness (QED) is 0.770. The number of ether oxygens (including phenoxy) is 1. The first-order valence-corrected chi connectivity index (χ1v) is 6.08. The van der Waals surface area contributed by atoms with Crippen molar-refractivity contribution in [2.75, 3.05) is 13.7 Å². The molecule has 1 aromatic heterocycles. The minimum atomic E-state index is -0.505. The molecule has 0 amide bonds. The van der Waals surface area contributed by atoms with Gasteiger partial charge in [-0.15, -0.1) is 0 Å². The number of hydrogen-bond acceptors (Lipinski definition) is 3. The summed E-state index contributed by atoms with van der Waals surface area (Å²) in [6.45, 7) is 0.662. The Balaban J connectivity index is 2.12. The van der Waals surface area contributed by atoms with Gasteiger partial charge in [-0.1, -0.05) is 30.3 Å². The molecule has 1 heterocycles. The van der Waals surface area contributed by atoms with Crippen LogP contribution in [-0.2, 0) is 4.74 Å². The molecule has 2 N–H and O–H groups in total. The summed E-state index contributed by atoms with van der Waals surface area (Å²) in [4.78, 5) is 0. The fourth-order valence-electron chi connectivity index (χ4n) is 1.96. The van der Waals surface area contributed by atoms with Crippen LogP contribution < -0.4 is 0 Å². The van der Waals surface area contributed by atoms with Crippen molar-refractivity contribution in [2.45, 2.75) is 18.9 Å². The van der Waals surface area contributed by atoms with Crippen molar-refractivity contribution in [1.29, 1.82) is 0 Å². The number of aliphatic hydroxyl groups is 1. The smallest absolute Gasteiger partial charge is 0.0827 e. The Morgan fingerprint density at radius 3 is 2.83 bits per heavy atom. The van der Waals surface area contributed by atoms with Gasteiger partial charge < -0.3 is 9.84 Å². The highest BCUT2D eigenvalue weighted by molar-refractivity contribution is 5.62. The molecular weight excluding hydrogens is 228 g/mol. The maximum absolute atomic E-state index is 10.2. The summed E-state index contributed by atoms with van der Waals surface area (Å²) in [5.74, 6) is 0. The lowest BCUT2D eigenvalue weighted by Gasteiger charge is -2.10.